The lowest BCUT2D eigenvalue weighted by Crippen LogP contribution is -2.28. The van der Waals surface area contributed by atoms with Gasteiger partial charge < -0.3 is 10.6 Å². The predicted molar refractivity (Wildman–Crippen MR) is 72.8 cm³/mol. The first-order chi connectivity index (χ1) is 7.49. The number of nitrogens with zero attached hydrogens (tertiary/aromatic N) is 1. The topological polar surface area (TPSA) is 53.1 Å². The van der Waals surface area contributed by atoms with E-state index in [0.717, 1.165) is 16.1 Å². The molecule has 0 aromatic heterocycles. The fourth-order valence-electron chi connectivity index (χ4n) is 1.53. The maximum Gasteiger partial charge on any atom is 0.126 e. The van der Waals surface area contributed by atoms with Crippen LogP contribution in [-0.2, 0) is 0 Å². The van der Waals surface area contributed by atoms with Gasteiger partial charge in [-0.2, -0.15) is 0 Å². The monoisotopic (exact) mass is 237 g/mol. The van der Waals surface area contributed by atoms with Crippen LogP contribution < -0.4 is 10.6 Å². The summed E-state index contributed by atoms with van der Waals surface area (Å²) >= 11 is 1.62. The number of anilines is 1. The molecule has 0 saturated carbocycles. The van der Waals surface area contributed by atoms with Crippen LogP contribution in [0.1, 0.15) is 19.4 Å². The summed E-state index contributed by atoms with van der Waals surface area (Å²) in [7, 11) is 2.02. The molecule has 0 fully saturated rings. The molecule has 0 aliphatic rings. The van der Waals surface area contributed by atoms with Crippen LogP contribution in [0, 0.1) is 5.41 Å². The van der Waals surface area contributed by atoms with Crippen LogP contribution in [0.15, 0.2) is 23.1 Å². The van der Waals surface area contributed by atoms with Crippen molar-refractivity contribution in [1.82, 2.24) is 0 Å². The lowest BCUT2D eigenvalue weighted by molar-refractivity contribution is 0.753. The third-order valence-corrected chi connectivity index (χ3v) is 3.43. The minimum atomic E-state index is 0.132. The second kappa shape index (κ2) is 5.25. The SMILES string of the molecule is CSc1cccc(N(C)C(C)C)c1C(=N)N. The van der Waals surface area contributed by atoms with E-state index in [1.54, 1.807) is 11.8 Å². The number of nitrogen functional groups attached to an aromatic ring is 1. The van der Waals surface area contributed by atoms with Crippen LogP contribution in [0.5, 0.6) is 0 Å². The van der Waals surface area contributed by atoms with Crippen molar-refractivity contribution in [3.05, 3.63) is 23.8 Å². The Morgan fingerprint density at radius 1 is 1.44 bits per heavy atom. The number of amidine groups is 1. The molecule has 1 aromatic carbocycles. The molecule has 88 valence electrons. The van der Waals surface area contributed by atoms with Gasteiger partial charge in [0.25, 0.3) is 0 Å². The molecule has 0 aliphatic heterocycles. The number of hydrogen-bond donors (Lipinski definition) is 2. The molecule has 1 aromatic rings. The minimum Gasteiger partial charge on any atom is -0.384 e. The van der Waals surface area contributed by atoms with Crippen LogP contribution in [-0.4, -0.2) is 25.2 Å². The number of nitrogens with two attached hydrogens (primary N) is 1. The molecule has 0 unspecified atom stereocenters. The van der Waals surface area contributed by atoms with Gasteiger partial charge in [0.1, 0.15) is 5.84 Å². The first kappa shape index (κ1) is 12.9. The summed E-state index contributed by atoms with van der Waals surface area (Å²) in [4.78, 5) is 3.19. The van der Waals surface area contributed by atoms with E-state index in [1.807, 2.05) is 31.5 Å². The predicted octanol–water partition coefficient (Wildman–Crippen LogP) is 2.54. The summed E-state index contributed by atoms with van der Waals surface area (Å²) < 4.78 is 0. The van der Waals surface area contributed by atoms with E-state index in [0.29, 0.717) is 6.04 Å². The van der Waals surface area contributed by atoms with Gasteiger partial charge in [-0.05, 0) is 32.2 Å². The Balaban J connectivity index is 3.33. The Kier molecular flexibility index (Phi) is 4.24. The van der Waals surface area contributed by atoms with Crippen LogP contribution in [0.4, 0.5) is 5.69 Å². The first-order valence-electron chi connectivity index (χ1n) is 5.23. The van der Waals surface area contributed by atoms with Crippen LogP contribution in [0.2, 0.25) is 0 Å². The second-order valence-electron chi connectivity index (χ2n) is 3.97. The highest BCUT2D eigenvalue weighted by atomic mass is 32.2. The van der Waals surface area contributed by atoms with E-state index in [4.69, 9.17) is 11.1 Å². The number of nitrogens with one attached hydrogen (secondary N) is 1. The lowest BCUT2D eigenvalue weighted by Gasteiger charge is -2.27. The third kappa shape index (κ3) is 2.50. The van der Waals surface area contributed by atoms with Gasteiger partial charge in [-0.1, -0.05) is 6.07 Å². The average Bonchev–Trinajstić information content (AvgIpc) is 2.26. The van der Waals surface area contributed by atoms with E-state index >= 15 is 0 Å². The molecule has 0 heterocycles. The van der Waals surface area contributed by atoms with Crippen LogP contribution in [0.25, 0.3) is 0 Å². The smallest absolute Gasteiger partial charge is 0.126 e. The zero-order valence-electron chi connectivity index (χ0n) is 10.2. The molecule has 1 rings (SSSR count). The number of benzene rings is 1. The van der Waals surface area contributed by atoms with Crippen LogP contribution >= 0.6 is 11.8 Å². The second-order valence-corrected chi connectivity index (χ2v) is 4.82. The molecule has 0 atom stereocenters. The number of hydrogen-bond acceptors (Lipinski definition) is 3. The van der Waals surface area contributed by atoms with E-state index < -0.39 is 0 Å². The van der Waals surface area contributed by atoms with Crippen molar-refractivity contribution < 1.29 is 0 Å². The Morgan fingerprint density at radius 3 is 2.50 bits per heavy atom. The van der Waals surface area contributed by atoms with Gasteiger partial charge in [0, 0.05) is 23.7 Å². The normalized spacial score (nSPS) is 10.6. The van der Waals surface area contributed by atoms with Gasteiger partial charge in [-0.25, -0.2) is 0 Å². The van der Waals surface area contributed by atoms with Gasteiger partial charge >= 0.3 is 0 Å². The summed E-state index contributed by atoms with van der Waals surface area (Å²) in [5, 5.41) is 7.69. The minimum absolute atomic E-state index is 0.132. The Hall–Kier alpha value is -1.16. The molecular formula is C12H19N3S. The maximum absolute atomic E-state index is 7.69. The van der Waals surface area contributed by atoms with E-state index in [1.165, 1.54) is 0 Å². The van der Waals surface area contributed by atoms with Crippen molar-refractivity contribution in [2.24, 2.45) is 5.73 Å². The van der Waals surface area contributed by atoms with Crippen LogP contribution in [0.3, 0.4) is 0 Å². The average molecular weight is 237 g/mol. The van der Waals surface area contributed by atoms with E-state index in [2.05, 4.69) is 18.7 Å². The Morgan fingerprint density at radius 2 is 2.06 bits per heavy atom. The van der Waals surface area contributed by atoms with Gasteiger partial charge in [-0.3, -0.25) is 5.41 Å². The summed E-state index contributed by atoms with van der Waals surface area (Å²) in [6.07, 6.45) is 2.00. The largest absolute Gasteiger partial charge is 0.384 e. The van der Waals surface area contributed by atoms with Gasteiger partial charge in [0.2, 0.25) is 0 Å². The number of thioether (sulfide) groups is 1. The Bertz CT molecular complexity index is 388. The van der Waals surface area contributed by atoms with Crippen molar-refractivity contribution in [2.75, 3.05) is 18.2 Å². The molecule has 4 heteroatoms. The number of rotatable bonds is 4. The zero-order valence-corrected chi connectivity index (χ0v) is 11.1. The molecule has 16 heavy (non-hydrogen) atoms. The highest BCUT2D eigenvalue weighted by Crippen LogP contribution is 2.29. The van der Waals surface area contributed by atoms with Gasteiger partial charge in [0.05, 0.1) is 5.56 Å². The summed E-state index contributed by atoms with van der Waals surface area (Å²) in [6.45, 7) is 4.24. The van der Waals surface area contributed by atoms with Crippen molar-refractivity contribution in [1.29, 1.82) is 5.41 Å². The lowest BCUT2D eigenvalue weighted by atomic mass is 10.1. The van der Waals surface area contributed by atoms with Crippen molar-refractivity contribution >= 4 is 23.3 Å². The van der Waals surface area contributed by atoms with E-state index in [9.17, 15) is 0 Å². The van der Waals surface area contributed by atoms with Gasteiger partial charge in [-0.15, -0.1) is 11.8 Å². The molecule has 3 nitrogen and oxygen atoms in total. The highest BCUT2D eigenvalue weighted by Gasteiger charge is 2.15. The summed E-state index contributed by atoms with van der Waals surface area (Å²) in [6, 6.07) is 6.40. The first-order valence-corrected chi connectivity index (χ1v) is 6.45. The van der Waals surface area contributed by atoms with Crippen molar-refractivity contribution in [2.45, 2.75) is 24.8 Å². The molecule has 0 radical (unpaired) electrons. The molecule has 0 aliphatic carbocycles. The molecule has 3 N–H and O–H groups in total. The quantitative estimate of drug-likeness (QED) is 0.481. The maximum atomic E-state index is 7.69. The highest BCUT2D eigenvalue weighted by molar-refractivity contribution is 7.98. The van der Waals surface area contributed by atoms with Crippen molar-refractivity contribution in [3.8, 4) is 0 Å². The Labute approximate surface area is 102 Å². The molecule has 0 amide bonds. The molecule has 0 spiro atoms. The fourth-order valence-corrected chi connectivity index (χ4v) is 2.17. The summed E-state index contributed by atoms with van der Waals surface area (Å²) in [5.74, 6) is 0.132. The molecule has 0 bridgehead atoms. The summed E-state index contributed by atoms with van der Waals surface area (Å²) in [5.41, 5.74) is 7.53. The van der Waals surface area contributed by atoms with Gasteiger partial charge in [0.15, 0.2) is 0 Å². The zero-order chi connectivity index (χ0) is 12.3. The molecular weight excluding hydrogens is 218 g/mol. The van der Waals surface area contributed by atoms with E-state index in [-0.39, 0.29) is 5.84 Å². The third-order valence-electron chi connectivity index (χ3n) is 2.65. The van der Waals surface area contributed by atoms with Crippen molar-refractivity contribution in [3.63, 3.8) is 0 Å². The fraction of sp³-hybridized carbons (Fsp3) is 0.417. The standard InChI is InChI=1S/C12H19N3S/c1-8(2)15(3)9-6-5-7-10(16-4)11(9)12(13)14/h5-8H,1-4H3,(H3,13,14). The molecule has 0 saturated heterocycles.